The predicted octanol–water partition coefficient (Wildman–Crippen LogP) is 0.966. The van der Waals surface area contributed by atoms with Crippen molar-refractivity contribution in [2.45, 2.75) is 26.2 Å². The van der Waals surface area contributed by atoms with Gasteiger partial charge in [0.25, 0.3) is 0 Å². The normalized spacial score (nSPS) is 26.1. The number of hydrogen-bond donors (Lipinski definition) is 1. The molecule has 0 saturated heterocycles. The Morgan fingerprint density at radius 3 is 2.50 bits per heavy atom. The molecule has 1 aliphatic rings. The minimum absolute atomic E-state index is 0.0163. The van der Waals surface area contributed by atoms with Crippen molar-refractivity contribution in [3.8, 4) is 0 Å². The van der Waals surface area contributed by atoms with Crippen molar-refractivity contribution < 1.29 is 14.7 Å². The van der Waals surface area contributed by atoms with Crippen LogP contribution in [0.15, 0.2) is 0 Å². The molecular weight excluding hydrogens is 182 g/mol. The van der Waals surface area contributed by atoms with Gasteiger partial charge in [0.15, 0.2) is 0 Å². The number of carboxylic acids is 1. The molecule has 4 heteroatoms. The minimum Gasteiger partial charge on any atom is -0.480 e. The molecule has 1 rings (SSSR count). The summed E-state index contributed by atoms with van der Waals surface area (Å²) in [4.78, 5) is 23.5. The maximum Gasteiger partial charge on any atom is 0.323 e. The van der Waals surface area contributed by atoms with Crippen molar-refractivity contribution in [2.24, 2.45) is 11.8 Å². The summed E-state index contributed by atoms with van der Waals surface area (Å²) in [6.45, 7) is 1.87. The standard InChI is InChI=1S/C10H17NO3/c1-7-4-3-5-8(7)10(14)11(2)6-9(12)13/h7-8H,3-6H2,1-2H3,(H,12,13). The molecule has 0 aromatic rings. The lowest BCUT2D eigenvalue weighted by Crippen LogP contribution is -2.37. The molecule has 4 nitrogen and oxygen atoms in total. The third-order valence-electron chi connectivity index (χ3n) is 2.93. The van der Waals surface area contributed by atoms with Crippen LogP contribution in [0.4, 0.5) is 0 Å². The highest BCUT2D eigenvalue weighted by molar-refractivity contribution is 5.83. The van der Waals surface area contributed by atoms with E-state index in [4.69, 9.17) is 5.11 Å². The topological polar surface area (TPSA) is 57.6 Å². The van der Waals surface area contributed by atoms with E-state index in [1.54, 1.807) is 7.05 Å². The number of carbonyl (C=O) groups is 2. The maximum absolute atomic E-state index is 11.8. The van der Waals surface area contributed by atoms with Crippen molar-refractivity contribution in [3.63, 3.8) is 0 Å². The summed E-state index contributed by atoms with van der Waals surface area (Å²) >= 11 is 0. The average Bonchev–Trinajstić information content (AvgIpc) is 2.48. The highest BCUT2D eigenvalue weighted by Crippen LogP contribution is 2.32. The quantitative estimate of drug-likeness (QED) is 0.736. The molecule has 2 atom stereocenters. The van der Waals surface area contributed by atoms with Gasteiger partial charge in [-0.3, -0.25) is 9.59 Å². The molecule has 0 aliphatic heterocycles. The molecule has 0 radical (unpaired) electrons. The maximum atomic E-state index is 11.8. The molecule has 0 aromatic carbocycles. The molecule has 1 N–H and O–H groups in total. The van der Waals surface area contributed by atoms with Crippen LogP contribution in [0, 0.1) is 11.8 Å². The zero-order valence-electron chi connectivity index (χ0n) is 8.69. The number of hydrogen-bond acceptors (Lipinski definition) is 2. The summed E-state index contributed by atoms with van der Waals surface area (Å²) in [5.41, 5.74) is 0. The first-order chi connectivity index (χ1) is 6.52. The van der Waals surface area contributed by atoms with E-state index in [1.165, 1.54) is 4.90 Å². The number of nitrogens with zero attached hydrogens (tertiary/aromatic N) is 1. The van der Waals surface area contributed by atoms with Crippen LogP contribution in [0.3, 0.4) is 0 Å². The van der Waals surface area contributed by atoms with E-state index < -0.39 is 5.97 Å². The Kier molecular flexibility index (Phi) is 3.49. The summed E-state index contributed by atoms with van der Waals surface area (Å²) in [6, 6.07) is 0. The lowest BCUT2D eigenvalue weighted by molar-refractivity contribution is -0.145. The van der Waals surface area contributed by atoms with Gasteiger partial charge in [-0.1, -0.05) is 13.3 Å². The van der Waals surface area contributed by atoms with Crippen molar-refractivity contribution in [1.29, 1.82) is 0 Å². The number of carboxylic acid groups (broad SMARTS) is 1. The third-order valence-corrected chi connectivity index (χ3v) is 2.93. The van der Waals surface area contributed by atoms with Crippen LogP contribution in [-0.2, 0) is 9.59 Å². The first-order valence-electron chi connectivity index (χ1n) is 4.99. The van der Waals surface area contributed by atoms with Gasteiger partial charge in [0.2, 0.25) is 5.91 Å². The van der Waals surface area contributed by atoms with Gasteiger partial charge in [0, 0.05) is 13.0 Å². The van der Waals surface area contributed by atoms with E-state index in [9.17, 15) is 9.59 Å². The number of aliphatic carboxylic acids is 1. The zero-order chi connectivity index (χ0) is 10.7. The molecule has 0 heterocycles. The first-order valence-corrected chi connectivity index (χ1v) is 4.99. The van der Waals surface area contributed by atoms with E-state index in [-0.39, 0.29) is 18.4 Å². The van der Waals surface area contributed by atoms with Crippen molar-refractivity contribution in [2.75, 3.05) is 13.6 Å². The van der Waals surface area contributed by atoms with Gasteiger partial charge in [-0.25, -0.2) is 0 Å². The van der Waals surface area contributed by atoms with Crippen LogP contribution >= 0.6 is 0 Å². The summed E-state index contributed by atoms with van der Waals surface area (Å²) in [5.74, 6) is -0.526. The summed E-state index contributed by atoms with van der Waals surface area (Å²) in [7, 11) is 1.56. The van der Waals surface area contributed by atoms with Crippen LogP contribution in [0.25, 0.3) is 0 Å². The fraction of sp³-hybridized carbons (Fsp3) is 0.800. The second-order valence-corrected chi connectivity index (χ2v) is 4.10. The van der Waals surface area contributed by atoms with Gasteiger partial charge in [0.05, 0.1) is 0 Å². The highest BCUT2D eigenvalue weighted by Gasteiger charge is 2.31. The Balaban J connectivity index is 2.51. The third kappa shape index (κ3) is 2.47. The van der Waals surface area contributed by atoms with E-state index in [2.05, 4.69) is 6.92 Å². The predicted molar refractivity (Wildman–Crippen MR) is 51.8 cm³/mol. The fourth-order valence-electron chi connectivity index (χ4n) is 2.08. The smallest absolute Gasteiger partial charge is 0.323 e. The number of rotatable bonds is 3. The minimum atomic E-state index is -0.952. The molecule has 0 bridgehead atoms. The number of amides is 1. The Morgan fingerprint density at radius 2 is 2.07 bits per heavy atom. The van der Waals surface area contributed by atoms with Gasteiger partial charge in [0.1, 0.15) is 6.54 Å². The molecular formula is C10H17NO3. The summed E-state index contributed by atoms with van der Waals surface area (Å²) in [5, 5.41) is 8.55. The van der Waals surface area contributed by atoms with E-state index in [0.717, 1.165) is 19.3 Å². The van der Waals surface area contributed by atoms with E-state index >= 15 is 0 Å². The van der Waals surface area contributed by atoms with E-state index in [1.807, 2.05) is 0 Å². The van der Waals surface area contributed by atoms with Crippen LogP contribution in [-0.4, -0.2) is 35.5 Å². The Labute approximate surface area is 83.9 Å². The molecule has 1 aliphatic carbocycles. The second-order valence-electron chi connectivity index (χ2n) is 4.10. The molecule has 0 spiro atoms. The molecule has 1 fully saturated rings. The van der Waals surface area contributed by atoms with Crippen molar-refractivity contribution >= 4 is 11.9 Å². The highest BCUT2D eigenvalue weighted by atomic mass is 16.4. The van der Waals surface area contributed by atoms with Gasteiger partial charge >= 0.3 is 5.97 Å². The Morgan fingerprint density at radius 1 is 1.43 bits per heavy atom. The zero-order valence-corrected chi connectivity index (χ0v) is 8.69. The Hall–Kier alpha value is -1.06. The van der Waals surface area contributed by atoms with Gasteiger partial charge in [-0.2, -0.15) is 0 Å². The monoisotopic (exact) mass is 199 g/mol. The average molecular weight is 199 g/mol. The number of likely N-dealkylation sites (N-methyl/N-ethyl adjacent to an activating group) is 1. The first kappa shape index (κ1) is 11.0. The second kappa shape index (κ2) is 4.44. The van der Waals surface area contributed by atoms with Crippen molar-refractivity contribution in [1.82, 2.24) is 4.90 Å². The molecule has 0 aromatic heterocycles. The molecule has 80 valence electrons. The van der Waals surface area contributed by atoms with Crippen molar-refractivity contribution in [3.05, 3.63) is 0 Å². The van der Waals surface area contributed by atoms with Crippen LogP contribution in [0.5, 0.6) is 0 Å². The van der Waals surface area contributed by atoms with Crippen LogP contribution < -0.4 is 0 Å². The van der Waals surface area contributed by atoms with Gasteiger partial charge < -0.3 is 10.0 Å². The van der Waals surface area contributed by atoms with E-state index in [0.29, 0.717) is 5.92 Å². The van der Waals surface area contributed by atoms with Crippen LogP contribution in [0.1, 0.15) is 26.2 Å². The SMILES string of the molecule is CC1CCCC1C(=O)N(C)CC(=O)O. The van der Waals surface area contributed by atoms with Gasteiger partial charge in [-0.05, 0) is 18.8 Å². The largest absolute Gasteiger partial charge is 0.480 e. The number of carbonyl (C=O) groups excluding carboxylic acids is 1. The summed E-state index contributed by atoms with van der Waals surface area (Å²) < 4.78 is 0. The summed E-state index contributed by atoms with van der Waals surface area (Å²) in [6.07, 6.45) is 3.07. The Bertz CT molecular complexity index is 240. The lowest BCUT2D eigenvalue weighted by atomic mass is 9.97. The lowest BCUT2D eigenvalue weighted by Gasteiger charge is -2.21. The molecule has 1 amide bonds. The van der Waals surface area contributed by atoms with Gasteiger partial charge in [-0.15, -0.1) is 0 Å². The molecule has 2 unspecified atom stereocenters. The molecule has 14 heavy (non-hydrogen) atoms. The van der Waals surface area contributed by atoms with Crippen LogP contribution in [0.2, 0.25) is 0 Å². The fourth-order valence-corrected chi connectivity index (χ4v) is 2.08. The molecule has 1 saturated carbocycles.